The first-order valence-corrected chi connectivity index (χ1v) is 8.44. The van der Waals surface area contributed by atoms with E-state index in [1.807, 2.05) is 24.3 Å². The predicted molar refractivity (Wildman–Crippen MR) is 92.8 cm³/mol. The molecular weight excluding hydrogens is 319 g/mol. The molecule has 1 heterocycles. The van der Waals surface area contributed by atoms with Crippen LogP contribution < -0.4 is 10.1 Å². The molecule has 0 aliphatic carbocycles. The maximum atomic E-state index is 13.3. The van der Waals surface area contributed by atoms with Gasteiger partial charge in [0.2, 0.25) is 0 Å². The van der Waals surface area contributed by atoms with Crippen molar-refractivity contribution < 1.29 is 13.9 Å². The molecule has 1 fully saturated rings. The molecule has 2 aromatic rings. The summed E-state index contributed by atoms with van der Waals surface area (Å²) in [5.74, 6) is 0.358. The second-order valence-electron chi connectivity index (χ2n) is 6.08. The molecule has 1 N–H and O–H groups in total. The van der Waals surface area contributed by atoms with Crippen molar-refractivity contribution in [3.8, 4) is 11.8 Å². The summed E-state index contributed by atoms with van der Waals surface area (Å²) >= 11 is 0. The quantitative estimate of drug-likeness (QED) is 0.819. The Labute approximate surface area is 147 Å². The second-order valence-corrected chi connectivity index (χ2v) is 6.08. The molecule has 0 spiro atoms. The third-order valence-electron chi connectivity index (χ3n) is 4.57. The molecule has 0 amide bonds. The molecular formula is C20H21FN2O2. The summed E-state index contributed by atoms with van der Waals surface area (Å²) in [6, 6.07) is 16.0. The van der Waals surface area contributed by atoms with E-state index in [1.165, 1.54) is 12.1 Å². The molecule has 0 aromatic heterocycles. The van der Waals surface area contributed by atoms with Gasteiger partial charge in [-0.1, -0.05) is 24.3 Å². The van der Waals surface area contributed by atoms with Crippen molar-refractivity contribution in [1.29, 1.82) is 5.26 Å². The summed E-state index contributed by atoms with van der Waals surface area (Å²) < 4.78 is 24.5. The van der Waals surface area contributed by atoms with Crippen molar-refractivity contribution in [3.05, 3.63) is 65.5 Å². The van der Waals surface area contributed by atoms with Gasteiger partial charge in [0, 0.05) is 25.3 Å². The molecule has 0 atom stereocenters. The molecule has 25 heavy (non-hydrogen) atoms. The Balaban J connectivity index is 1.64. The van der Waals surface area contributed by atoms with E-state index in [9.17, 15) is 4.39 Å². The van der Waals surface area contributed by atoms with E-state index in [4.69, 9.17) is 14.7 Å². The number of rotatable bonds is 6. The number of para-hydroxylation sites is 1. The molecule has 3 rings (SSSR count). The fourth-order valence-electron chi connectivity index (χ4n) is 3.19. The van der Waals surface area contributed by atoms with Gasteiger partial charge in [-0.3, -0.25) is 0 Å². The van der Waals surface area contributed by atoms with Crippen LogP contribution >= 0.6 is 0 Å². The Morgan fingerprint density at radius 1 is 1.12 bits per heavy atom. The Morgan fingerprint density at radius 3 is 2.56 bits per heavy atom. The normalized spacial score (nSPS) is 16.2. The highest BCUT2D eigenvalue weighted by atomic mass is 19.1. The summed E-state index contributed by atoms with van der Waals surface area (Å²) in [6.07, 6.45) is 1.65. The molecule has 0 saturated carbocycles. The van der Waals surface area contributed by atoms with E-state index in [0.717, 1.165) is 18.4 Å². The predicted octanol–water partition coefficient (Wildman–Crippen LogP) is 3.37. The number of benzene rings is 2. The average Bonchev–Trinajstić information content (AvgIpc) is 2.67. The average molecular weight is 340 g/mol. The lowest BCUT2D eigenvalue weighted by Crippen LogP contribution is -2.48. The lowest BCUT2D eigenvalue weighted by Gasteiger charge is -2.39. The molecule has 0 radical (unpaired) electrons. The first-order valence-electron chi connectivity index (χ1n) is 8.44. The molecule has 0 unspecified atom stereocenters. The van der Waals surface area contributed by atoms with E-state index in [-0.39, 0.29) is 11.4 Å². The van der Waals surface area contributed by atoms with Crippen molar-refractivity contribution in [2.45, 2.75) is 18.4 Å². The highest BCUT2D eigenvalue weighted by molar-refractivity contribution is 5.42. The smallest absolute Gasteiger partial charge is 0.137 e. The molecule has 1 aliphatic rings. The van der Waals surface area contributed by atoms with E-state index < -0.39 is 0 Å². The topological polar surface area (TPSA) is 54.3 Å². The van der Waals surface area contributed by atoms with Gasteiger partial charge in [-0.25, -0.2) is 4.39 Å². The van der Waals surface area contributed by atoms with Gasteiger partial charge in [-0.2, -0.15) is 5.26 Å². The maximum Gasteiger partial charge on any atom is 0.137 e. The largest absolute Gasteiger partial charge is 0.491 e. The van der Waals surface area contributed by atoms with E-state index >= 15 is 0 Å². The number of nitriles is 1. The molecule has 4 nitrogen and oxygen atoms in total. The number of ether oxygens (including phenoxy) is 2. The van der Waals surface area contributed by atoms with Crippen LogP contribution in [0.4, 0.5) is 4.39 Å². The third-order valence-corrected chi connectivity index (χ3v) is 4.57. The molecule has 1 saturated heterocycles. The minimum absolute atomic E-state index is 0.232. The van der Waals surface area contributed by atoms with Crippen LogP contribution in [0.1, 0.15) is 24.0 Å². The van der Waals surface area contributed by atoms with Gasteiger partial charge in [-0.05, 0) is 42.7 Å². The lowest BCUT2D eigenvalue weighted by molar-refractivity contribution is 0.0352. The first-order chi connectivity index (χ1) is 12.2. The zero-order valence-electron chi connectivity index (χ0n) is 14.0. The van der Waals surface area contributed by atoms with Crippen molar-refractivity contribution in [3.63, 3.8) is 0 Å². The number of nitrogens with one attached hydrogen (secondary N) is 1. The Bertz CT molecular complexity index is 734. The number of nitrogens with zero attached hydrogens (tertiary/aromatic N) is 1. The van der Waals surface area contributed by atoms with Crippen LogP contribution in [0.2, 0.25) is 0 Å². The van der Waals surface area contributed by atoms with Crippen LogP contribution in [0.5, 0.6) is 5.75 Å². The Kier molecular flexibility index (Phi) is 5.64. The zero-order chi connectivity index (χ0) is 17.5. The minimum Gasteiger partial charge on any atom is -0.491 e. The van der Waals surface area contributed by atoms with Crippen LogP contribution in [-0.2, 0) is 10.3 Å². The van der Waals surface area contributed by atoms with Gasteiger partial charge in [-0.15, -0.1) is 0 Å². The number of hydrogen-bond donors (Lipinski definition) is 1. The highest BCUT2D eigenvalue weighted by Gasteiger charge is 2.33. The summed E-state index contributed by atoms with van der Waals surface area (Å²) in [6.45, 7) is 2.41. The number of halogens is 1. The third kappa shape index (κ3) is 4.16. The monoisotopic (exact) mass is 340 g/mol. The SMILES string of the molecule is N#Cc1ccccc1OCCNC1(c2ccc(F)cc2)CCOCC1. The Hall–Kier alpha value is -2.42. The van der Waals surface area contributed by atoms with E-state index in [2.05, 4.69) is 11.4 Å². The van der Waals surface area contributed by atoms with Gasteiger partial charge in [0.05, 0.1) is 5.56 Å². The van der Waals surface area contributed by atoms with Crippen molar-refractivity contribution in [1.82, 2.24) is 5.32 Å². The lowest BCUT2D eigenvalue weighted by atomic mass is 9.82. The maximum absolute atomic E-state index is 13.3. The molecule has 130 valence electrons. The fraction of sp³-hybridized carbons (Fsp3) is 0.350. The van der Waals surface area contributed by atoms with Gasteiger partial charge in [0.15, 0.2) is 0 Å². The van der Waals surface area contributed by atoms with Crippen LogP contribution in [0.15, 0.2) is 48.5 Å². The molecule has 2 aromatic carbocycles. The standard InChI is InChI=1S/C20H21FN2O2/c21-18-7-5-17(6-8-18)20(9-12-24-13-10-20)23-11-14-25-19-4-2-1-3-16(19)15-22/h1-8,23H,9-14H2. The molecule has 5 heteroatoms. The van der Waals surface area contributed by atoms with Gasteiger partial charge in [0.1, 0.15) is 24.2 Å². The van der Waals surface area contributed by atoms with E-state index in [0.29, 0.717) is 37.7 Å². The van der Waals surface area contributed by atoms with Gasteiger partial charge in [0.25, 0.3) is 0 Å². The van der Waals surface area contributed by atoms with Crippen molar-refractivity contribution in [2.24, 2.45) is 0 Å². The first kappa shape index (κ1) is 17.4. The summed E-state index contributed by atoms with van der Waals surface area (Å²) in [7, 11) is 0. The fourth-order valence-corrected chi connectivity index (χ4v) is 3.19. The summed E-state index contributed by atoms with van der Waals surface area (Å²) in [5.41, 5.74) is 1.36. The zero-order valence-corrected chi connectivity index (χ0v) is 14.0. The van der Waals surface area contributed by atoms with Crippen molar-refractivity contribution in [2.75, 3.05) is 26.4 Å². The van der Waals surface area contributed by atoms with Crippen LogP contribution in [0, 0.1) is 17.1 Å². The van der Waals surface area contributed by atoms with Gasteiger partial charge >= 0.3 is 0 Å². The summed E-state index contributed by atoms with van der Waals surface area (Å²) in [4.78, 5) is 0. The van der Waals surface area contributed by atoms with E-state index in [1.54, 1.807) is 12.1 Å². The van der Waals surface area contributed by atoms with Crippen LogP contribution in [0.3, 0.4) is 0 Å². The molecule has 0 bridgehead atoms. The minimum atomic E-state index is -0.234. The molecule has 1 aliphatic heterocycles. The summed E-state index contributed by atoms with van der Waals surface area (Å²) in [5, 5.41) is 12.7. The Morgan fingerprint density at radius 2 is 1.84 bits per heavy atom. The van der Waals surface area contributed by atoms with Gasteiger partial charge < -0.3 is 14.8 Å². The van der Waals surface area contributed by atoms with Crippen LogP contribution in [0.25, 0.3) is 0 Å². The number of hydrogen-bond acceptors (Lipinski definition) is 4. The second kappa shape index (κ2) is 8.11. The van der Waals surface area contributed by atoms with Crippen molar-refractivity contribution >= 4 is 0 Å². The van der Waals surface area contributed by atoms with Crippen LogP contribution in [-0.4, -0.2) is 26.4 Å². The highest BCUT2D eigenvalue weighted by Crippen LogP contribution is 2.32.